The van der Waals surface area contributed by atoms with Gasteiger partial charge in [0.2, 0.25) is 0 Å². The van der Waals surface area contributed by atoms with Crippen molar-refractivity contribution in [3.05, 3.63) is 59.7 Å². The highest BCUT2D eigenvalue weighted by Crippen LogP contribution is 2.24. The first-order valence-electron chi connectivity index (χ1n) is 6.47. The van der Waals surface area contributed by atoms with Gasteiger partial charge in [-0.2, -0.15) is 5.26 Å². The van der Waals surface area contributed by atoms with E-state index in [-0.39, 0.29) is 0 Å². The maximum Gasteiger partial charge on any atom is 0.148 e. The fraction of sp³-hybridized carbons (Fsp3) is 0.125. The molecule has 1 aromatic heterocycles. The molecule has 0 amide bonds. The molecular formula is C16H11ClFN3. The second-order valence-corrected chi connectivity index (χ2v) is 4.95. The lowest BCUT2D eigenvalue weighted by Crippen LogP contribution is -2.04. The molecule has 1 heterocycles. The van der Waals surface area contributed by atoms with Crippen molar-refractivity contribution < 1.29 is 4.39 Å². The summed E-state index contributed by atoms with van der Waals surface area (Å²) in [4.78, 5) is 4.51. The molecule has 0 saturated carbocycles. The van der Waals surface area contributed by atoms with E-state index in [1.165, 1.54) is 6.07 Å². The van der Waals surface area contributed by atoms with Gasteiger partial charge in [0.05, 0.1) is 28.4 Å². The van der Waals surface area contributed by atoms with Gasteiger partial charge in [0, 0.05) is 12.3 Å². The summed E-state index contributed by atoms with van der Waals surface area (Å²) in [5, 5.41) is 8.84. The van der Waals surface area contributed by atoms with Gasteiger partial charge in [0.25, 0.3) is 0 Å². The first-order valence-corrected chi connectivity index (χ1v) is 7.00. The molecule has 0 saturated heterocycles. The number of nitriles is 1. The van der Waals surface area contributed by atoms with Crippen molar-refractivity contribution in [2.24, 2.45) is 0 Å². The maximum atomic E-state index is 14.3. The minimum Gasteiger partial charge on any atom is -0.293 e. The molecule has 0 radical (unpaired) electrons. The van der Waals surface area contributed by atoms with Gasteiger partial charge in [-0.25, -0.2) is 9.37 Å². The van der Waals surface area contributed by atoms with Gasteiger partial charge in [-0.15, -0.1) is 11.6 Å². The van der Waals surface area contributed by atoms with Crippen LogP contribution in [0.1, 0.15) is 11.4 Å². The number of fused-ring (bicyclic) bond motifs is 1. The molecule has 0 aliphatic rings. The predicted octanol–water partition coefficient (Wildman–Crippen LogP) is 3.82. The molecule has 3 rings (SSSR count). The molecule has 21 heavy (non-hydrogen) atoms. The van der Waals surface area contributed by atoms with E-state index >= 15 is 0 Å². The van der Waals surface area contributed by atoms with Crippen molar-refractivity contribution >= 4 is 22.6 Å². The Balaban J connectivity index is 2.28. The van der Waals surface area contributed by atoms with E-state index in [2.05, 4.69) is 4.98 Å². The molecule has 0 aliphatic carbocycles. The Morgan fingerprint density at radius 1 is 1.24 bits per heavy atom. The standard InChI is InChI=1S/C16H11ClFN3/c17-8-7-16-20-13-3-1-2-4-15(13)21(16)14-6-5-11(10-19)9-12(14)18/h1-6,9H,7-8H2. The second-order valence-electron chi connectivity index (χ2n) is 4.57. The molecule has 0 aliphatic heterocycles. The predicted molar refractivity (Wildman–Crippen MR) is 80.2 cm³/mol. The Morgan fingerprint density at radius 2 is 2.05 bits per heavy atom. The zero-order valence-electron chi connectivity index (χ0n) is 11.1. The largest absolute Gasteiger partial charge is 0.293 e. The van der Waals surface area contributed by atoms with Crippen molar-refractivity contribution in [1.29, 1.82) is 5.26 Å². The normalized spacial score (nSPS) is 10.7. The quantitative estimate of drug-likeness (QED) is 0.690. The van der Waals surface area contributed by atoms with Crippen molar-refractivity contribution in [2.45, 2.75) is 6.42 Å². The van der Waals surface area contributed by atoms with E-state index in [1.807, 2.05) is 30.3 Å². The summed E-state index contributed by atoms with van der Waals surface area (Å²) in [6.45, 7) is 0. The van der Waals surface area contributed by atoms with Crippen LogP contribution in [0, 0.1) is 17.1 Å². The third-order valence-electron chi connectivity index (χ3n) is 3.27. The van der Waals surface area contributed by atoms with E-state index in [4.69, 9.17) is 16.9 Å². The number of aromatic nitrogens is 2. The Morgan fingerprint density at radius 3 is 2.76 bits per heavy atom. The summed E-state index contributed by atoms with van der Waals surface area (Å²) in [5.74, 6) is 0.657. The van der Waals surface area contributed by atoms with Crippen LogP contribution in [-0.2, 0) is 6.42 Å². The van der Waals surface area contributed by atoms with E-state index in [9.17, 15) is 4.39 Å². The lowest BCUT2D eigenvalue weighted by molar-refractivity contribution is 0.616. The van der Waals surface area contributed by atoms with Crippen molar-refractivity contribution in [1.82, 2.24) is 9.55 Å². The number of alkyl halides is 1. The fourth-order valence-corrected chi connectivity index (χ4v) is 2.52. The zero-order valence-corrected chi connectivity index (χ0v) is 11.8. The van der Waals surface area contributed by atoms with E-state index in [0.29, 0.717) is 29.4 Å². The SMILES string of the molecule is N#Cc1ccc(-n2c(CCCl)nc3ccccc32)c(F)c1. The summed E-state index contributed by atoms with van der Waals surface area (Å²) in [5.41, 5.74) is 2.28. The molecule has 2 aromatic carbocycles. The molecule has 3 nitrogen and oxygen atoms in total. The van der Waals surface area contributed by atoms with Gasteiger partial charge in [-0.3, -0.25) is 4.57 Å². The maximum absolute atomic E-state index is 14.3. The van der Waals surface area contributed by atoms with Crippen LogP contribution in [0.3, 0.4) is 0 Å². The smallest absolute Gasteiger partial charge is 0.148 e. The number of para-hydroxylation sites is 2. The minimum absolute atomic E-state index is 0.291. The van der Waals surface area contributed by atoms with E-state index < -0.39 is 5.82 Å². The van der Waals surface area contributed by atoms with Crippen molar-refractivity contribution in [3.63, 3.8) is 0 Å². The average Bonchev–Trinajstić information content (AvgIpc) is 2.85. The molecule has 0 fully saturated rings. The summed E-state index contributed by atoms with van der Waals surface area (Å²) in [6, 6.07) is 13.9. The van der Waals surface area contributed by atoms with E-state index in [0.717, 1.165) is 11.0 Å². The fourth-order valence-electron chi connectivity index (χ4n) is 2.35. The molecule has 0 atom stereocenters. The number of imidazole rings is 1. The number of rotatable bonds is 3. The molecule has 0 N–H and O–H groups in total. The first kappa shape index (κ1) is 13.6. The van der Waals surface area contributed by atoms with Gasteiger partial charge in [0.15, 0.2) is 0 Å². The Bertz CT molecular complexity index is 848. The summed E-state index contributed by atoms with van der Waals surface area (Å²) >= 11 is 5.82. The topological polar surface area (TPSA) is 41.6 Å². The highest BCUT2D eigenvalue weighted by molar-refractivity contribution is 6.17. The lowest BCUT2D eigenvalue weighted by Gasteiger charge is -2.10. The third-order valence-corrected chi connectivity index (χ3v) is 3.46. The van der Waals surface area contributed by atoms with Gasteiger partial charge < -0.3 is 0 Å². The summed E-state index contributed by atoms with van der Waals surface area (Å²) < 4.78 is 16.1. The Kier molecular flexibility index (Phi) is 3.59. The molecule has 0 bridgehead atoms. The number of aryl methyl sites for hydroxylation is 1. The number of nitrogens with zero attached hydrogens (tertiary/aromatic N) is 3. The zero-order chi connectivity index (χ0) is 14.8. The minimum atomic E-state index is -0.451. The number of hydrogen-bond donors (Lipinski definition) is 0. The monoisotopic (exact) mass is 299 g/mol. The van der Waals surface area contributed by atoms with Crippen LogP contribution in [0.25, 0.3) is 16.7 Å². The lowest BCUT2D eigenvalue weighted by atomic mass is 10.2. The van der Waals surface area contributed by atoms with Crippen LogP contribution in [0.15, 0.2) is 42.5 Å². The van der Waals surface area contributed by atoms with E-state index in [1.54, 1.807) is 16.7 Å². The van der Waals surface area contributed by atoms with Crippen LogP contribution < -0.4 is 0 Å². The Labute approximate surface area is 126 Å². The van der Waals surface area contributed by atoms with Crippen LogP contribution in [0.5, 0.6) is 0 Å². The molecule has 5 heteroatoms. The Hall–Kier alpha value is -2.38. The highest BCUT2D eigenvalue weighted by Gasteiger charge is 2.15. The third kappa shape index (κ3) is 2.37. The molecular weight excluding hydrogens is 289 g/mol. The van der Waals surface area contributed by atoms with Crippen molar-refractivity contribution in [3.8, 4) is 11.8 Å². The van der Waals surface area contributed by atoms with Crippen LogP contribution in [0.2, 0.25) is 0 Å². The van der Waals surface area contributed by atoms with Crippen molar-refractivity contribution in [2.75, 3.05) is 5.88 Å². The first-order chi connectivity index (χ1) is 10.2. The van der Waals surface area contributed by atoms with Gasteiger partial charge in [-0.1, -0.05) is 12.1 Å². The van der Waals surface area contributed by atoms with Crippen LogP contribution in [-0.4, -0.2) is 15.4 Å². The van der Waals surface area contributed by atoms with Gasteiger partial charge in [0.1, 0.15) is 11.6 Å². The van der Waals surface area contributed by atoms with Gasteiger partial charge >= 0.3 is 0 Å². The number of hydrogen-bond acceptors (Lipinski definition) is 2. The van der Waals surface area contributed by atoms with Crippen LogP contribution >= 0.6 is 11.6 Å². The number of benzene rings is 2. The van der Waals surface area contributed by atoms with Crippen LogP contribution in [0.4, 0.5) is 4.39 Å². The molecule has 0 unspecified atom stereocenters. The molecule has 104 valence electrons. The van der Waals surface area contributed by atoms with Gasteiger partial charge in [-0.05, 0) is 30.3 Å². The molecule has 3 aromatic rings. The molecule has 0 spiro atoms. The summed E-state index contributed by atoms with van der Waals surface area (Å²) in [7, 11) is 0. The second kappa shape index (κ2) is 5.55. The average molecular weight is 300 g/mol. The highest BCUT2D eigenvalue weighted by atomic mass is 35.5. The summed E-state index contributed by atoms with van der Waals surface area (Å²) in [6.07, 6.45) is 0.537. The number of halogens is 2.